The molecule has 1 aliphatic heterocycles. The van der Waals surface area contributed by atoms with Gasteiger partial charge in [0.2, 0.25) is 5.82 Å². The van der Waals surface area contributed by atoms with Crippen LogP contribution in [0.1, 0.15) is 0 Å². The molecular weight excluding hydrogens is 289 g/mol. The van der Waals surface area contributed by atoms with Crippen molar-refractivity contribution in [2.24, 2.45) is 0 Å². The van der Waals surface area contributed by atoms with E-state index in [4.69, 9.17) is 21.1 Å². The molecule has 0 saturated heterocycles. The second kappa shape index (κ2) is 5.22. The summed E-state index contributed by atoms with van der Waals surface area (Å²) >= 11 is 5.88. The van der Waals surface area contributed by atoms with E-state index in [0.29, 0.717) is 24.6 Å². The summed E-state index contributed by atoms with van der Waals surface area (Å²) in [5.41, 5.74) is 0.629. The summed E-state index contributed by atoms with van der Waals surface area (Å²) < 4.78 is 24.6. The van der Waals surface area contributed by atoms with E-state index >= 15 is 0 Å². The minimum Gasteiger partial charge on any atom is -0.490 e. The molecule has 0 unspecified atom stereocenters. The number of hydrogen-bond acceptors (Lipinski definition) is 6. The molecule has 1 aliphatic rings. The second-order valence-corrected chi connectivity index (χ2v) is 4.51. The van der Waals surface area contributed by atoms with Crippen molar-refractivity contribution < 1.29 is 13.9 Å². The maximum absolute atomic E-state index is 14.3. The SMILES string of the molecule is COCn1nnc(-c2c(F)c(Cl)cc3c2NCCO3)n1. The van der Waals surface area contributed by atoms with Gasteiger partial charge in [0, 0.05) is 19.7 Å². The molecule has 0 fully saturated rings. The first-order valence-corrected chi connectivity index (χ1v) is 6.24. The molecule has 106 valence electrons. The van der Waals surface area contributed by atoms with Crippen LogP contribution in [0, 0.1) is 5.82 Å². The van der Waals surface area contributed by atoms with Crippen molar-refractivity contribution in [1.82, 2.24) is 20.2 Å². The van der Waals surface area contributed by atoms with E-state index in [1.807, 2.05) is 0 Å². The Hall–Kier alpha value is -1.93. The second-order valence-electron chi connectivity index (χ2n) is 4.10. The van der Waals surface area contributed by atoms with Crippen molar-refractivity contribution in [1.29, 1.82) is 0 Å². The van der Waals surface area contributed by atoms with Gasteiger partial charge in [-0.15, -0.1) is 15.0 Å². The van der Waals surface area contributed by atoms with Gasteiger partial charge < -0.3 is 14.8 Å². The van der Waals surface area contributed by atoms with Crippen molar-refractivity contribution >= 4 is 17.3 Å². The third kappa shape index (κ3) is 2.16. The smallest absolute Gasteiger partial charge is 0.210 e. The van der Waals surface area contributed by atoms with Crippen LogP contribution in [0.25, 0.3) is 11.4 Å². The zero-order chi connectivity index (χ0) is 14.1. The normalized spacial score (nSPS) is 13.6. The molecule has 0 bridgehead atoms. The average Bonchev–Trinajstić information content (AvgIpc) is 2.89. The fourth-order valence-electron chi connectivity index (χ4n) is 1.95. The number of ether oxygens (including phenoxy) is 2. The quantitative estimate of drug-likeness (QED) is 0.927. The first-order valence-electron chi connectivity index (χ1n) is 5.86. The lowest BCUT2D eigenvalue weighted by Crippen LogP contribution is -2.19. The van der Waals surface area contributed by atoms with Gasteiger partial charge in [-0.1, -0.05) is 11.6 Å². The largest absolute Gasteiger partial charge is 0.490 e. The molecule has 0 radical (unpaired) electrons. The number of hydrogen-bond donors (Lipinski definition) is 1. The summed E-state index contributed by atoms with van der Waals surface area (Å²) in [5.74, 6) is -0.0163. The van der Waals surface area contributed by atoms with Gasteiger partial charge in [-0.3, -0.25) is 0 Å². The van der Waals surface area contributed by atoms with Crippen molar-refractivity contribution in [2.45, 2.75) is 6.73 Å². The van der Waals surface area contributed by atoms with Crippen molar-refractivity contribution in [3.63, 3.8) is 0 Å². The number of nitrogens with one attached hydrogen (secondary N) is 1. The molecule has 9 heteroatoms. The molecule has 7 nitrogen and oxygen atoms in total. The number of halogens is 2. The Morgan fingerprint density at radius 1 is 1.60 bits per heavy atom. The fourth-order valence-corrected chi connectivity index (χ4v) is 2.15. The summed E-state index contributed by atoms with van der Waals surface area (Å²) in [6, 6.07) is 1.43. The molecule has 0 saturated carbocycles. The van der Waals surface area contributed by atoms with Crippen LogP contribution in [0.4, 0.5) is 10.1 Å². The molecule has 1 aromatic carbocycles. The maximum atomic E-state index is 14.3. The zero-order valence-corrected chi connectivity index (χ0v) is 11.3. The molecule has 20 heavy (non-hydrogen) atoms. The highest BCUT2D eigenvalue weighted by atomic mass is 35.5. The molecule has 0 spiro atoms. The Labute approximate surface area is 118 Å². The Morgan fingerprint density at radius 2 is 2.45 bits per heavy atom. The van der Waals surface area contributed by atoms with Crippen molar-refractivity contribution in [3.8, 4) is 17.1 Å². The van der Waals surface area contributed by atoms with E-state index in [9.17, 15) is 4.39 Å². The zero-order valence-electron chi connectivity index (χ0n) is 10.6. The molecule has 1 aromatic heterocycles. The average molecular weight is 300 g/mol. The number of benzene rings is 1. The highest BCUT2D eigenvalue weighted by Crippen LogP contribution is 2.41. The molecule has 0 amide bonds. The van der Waals surface area contributed by atoms with Gasteiger partial charge in [0.15, 0.2) is 12.5 Å². The molecular formula is C11H11ClFN5O2. The molecule has 0 atom stereocenters. The van der Waals surface area contributed by atoms with E-state index < -0.39 is 5.82 Å². The number of rotatable bonds is 3. The van der Waals surface area contributed by atoms with Crippen LogP contribution in [0.2, 0.25) is 5.02 Å². The molecule has 2 heterocycles. The van der Waals surface area contributed by atoms with Crippen LogP contribution in [0.3, 0.4) is 0 Å². The lowest BCUT2D eigenvalue weighted by molar-refractivity contribution is 0.107. The van der Waals surface area contributed by atoms with E-state index in [0.717, 1.165) is 0 Å². The first kappa shape index (κ1) is 13.1. The Morgan fingerprint density at radius 3 is 3.25 bits per heavy atom. The summed E-state index contributed by atoms with van der Waals surface area (Å²) in [4.78, 5) is 1.21. The lowest BCUT2D eigenvalue weighted by atomic mass is 10.1. The van der Waals surface area contributed by atoms with Crippen LogP contribution in [0.5, 0.6) is 5.75 Å². The Balaban J connectivity index is 2.13. The van der Waals surface area contributed by atoms with Crippen LogP contribution in [0.15, 0.2) is 6.07 Å². The minimum atomic E-state index is -0.611. The van der Waals surface area contributed by atoms with Crippen molar-refractivity contribution in [3.05, 3.63) is 16.9 Å². The van der Waals surface area contributed by atoms with Gasteiger partial charge >= 0.3 is 0 Å². The highest BCUT2D eigenvalue weighted by Gasteiger charge is 2.25. The lowest BCUT2D eigenvalue weighted by Gasteiger charge is -2.21. The maximum Gasteiger partial charge on any atom is 0.210 e. The van der Waals surface area contributed by atoms with Gasteiger partial charge in [-0.25, -0.2) is 4.39 Å². The van der Waals surface area contributed by atoms with Crippen LogP contribution in [-0.2, 0) is 11.5 Å². The number of aromatic nitrogens is 4. The highest BCUT2D eigenvalue weighted by molar-refractivity contribution is 6.31. The summed E-state index contributed by atoms with van der Waals surface area (Å²) in [5, 5.41) is 14.7. The third-order valence-corrected chi connectivity index (χ3v) is 3.04. The van der Waals surface area contributed by atoms with Gasteiger partial charge in [0.05, 0.1) is 16.3 Å². The van der Waals surface area contributed by atoms with E-state index in [1.54, 1.807) is 0 Å². The van der Waals surface area contributed by atoms with E-state index in [-0.39, 0.29) is 23.1 Å². The van der Waals surface area contributed by atoms with E-state index in [2.05, 4.69) is 20.7 Å². The molecule has 0 aliphatic carbocycles. The number of nitrogens with zero attached hydrogens (tertiary/aromatic N) is 4. The molecule has 2 aromatic rings. The van der Waals surface area contributed by atoms with Crippen molar-refractivity contribution in [2.75, 3.05) is 25.6 Å². The number of anilines is 1. The van der Waals surface area contributed by atoms with Gasteiger partial charge in [0.25, 0.3) is 0 Å². The van der Waals surface area contributed by atoms with Crippen LogP contribution < -0.4 is 10.1 Å². The van der Waals surface area contributed by atoms with Gasteiger partial charge in [-0.2, -0.15) is 0 Å². The number of fused-ring (bicyclic) bond motifs is 1. The number of tetrazole rings is 1. The Bertz CT molecular complexity index is 648. The van der Waals surface area contributed by atoms with Crippen LogP contribution in [-0.4, -0.2) is 40.5 Å². The topological polar surface area (TPSA) is 74.1 Å². The molecule has 1 N–H and O–H groups in total. The summed E-state index contributed by atoms with van der Waals surface area (Å²) in [6.45, 7) is 1.17. The third-order valence-electron chi connectivity index (χ3n) is 2.77. The minimum absolute atomic E-state index is 0.0504. The van der Waals surface area contributed by atoms with Crippen LogP contribution >= 0.6 is 11.6 Å². The summed E-state index contributed by atoms with van der Waals surface area (Å²) in [6.07, 6.45) is 0. The molecule has 3 rings (SSSR count). The standard InChI is InChI=1S/C11H11ClFN5O2/c1-19-5-18-16-11(15-17-18)8-9(13)6(12)4-7-10(8)14-2-3-20-7/h4,14H,2-3,5H2,1H3. The summed E-state index contributed by atoms with van der Waals surface area (Å²) in [7, 11) is 1.50. The van der Waals surface area contributed by atoms with Gasteiger partial charge in [-0.05, 0) is 5.21 Å². The predicted molar refractivity (Wildman–Crippen MR) is 69.2 cm³/mol. The fraction of sp³-hybridized carbons (Fsp3) is 0.364. The first-order chi connectivity index (χ1) is 9.70. The number of methoxy groups -OCH3 is 1. The van der Waals surface area contributed by atoms with E-state index in [1.165, 1.54) is 18.0 Å². The predicted octanol–water partition coefficient (Wildman–Crippen LogP) is 1.54. The Kier molecular flexibility index (Phi) is 3.41. The monoisotopic (exact) mass is 299 g/mol. The van der Waals surface area contributed by atoms with Gasteiger partial charge in [0.1, 0.15) is 12.4 Å².